The highest BCUT2D eigenvalue weighted by Gasteiger charge is 2.51. The number of nitrogens with zero attached hydrogens (tertiary/aromatic N) is 3. The van der Waals surface area contributed by atoms with Gasteiger partial charge in [0.2, 0.25) is 11.8 Å². The van der Waals surface area contributed by atoms with Gasteiger partial charge < -0.3 is 20.6 Å². The summed E-state index contributed by atoms with van der Waals surface area (Å²) in [6, 6.07) is 18.0. The lowest BCUT2D eigenvalue weighted by Crippen LogP contribution is -2.59. The van der Waals surface area contributed by atoms with Crippen LogP contribution < -0.4 is 11.1 Å². The van der Waals surface area contributed by atoms with Gasteiger partial charge in [-0.1, -0.05) is 36.4 Å². The number of hydrogen-bond donors (Lipinski definition) is 3. The van der Waals surface area contributed by atoms with Crippen molar-refractivity contribution in [2.75, 3.05) is 25.1 Å². The van der Waals surface area contributed by atoms with E-state index in [9.17, 15) is 24.8 Å². The highest BCUT2D eigenvalue weighted by atomic mass is 32.2. The molecule has 2 heterocycles. The molecular formula is C26H31N5O4S. The summed E-state index contributed by atoms with van der Waals surface area (Å²) in [6.07, 6.45) is 2.93. The Morgan fingerprint density at radius 2 is 1.81 bits per heavy atom. The van der Waals surface area contributed by atoms with Crippen molar-refractivity contribution in [3.63, 3.8) is 0 Å². The normalized spacial score (nSPS) is 18.3. The first-order valence-electron chi connectivity index (χ1n) is 11.7. The summed E-state index contributed by atoms with van der Waals surface area (Å²) in [7, 11) is 0. The summed E-state index contributed by atoms with van der Waals surface area (Å²) in [5, 5.41) is 22.1. The van der Waals surface area contributed by atoms with Crippen LogP contribution in [0, 0.1) is 11.3 Å². The van der Waals surface area contributed by atoms with Gasteiger partial charge in [0.25, 0.3) is 0 Å². The zero-order valence-electron chi connectivity index (χ0n) is 20.2. The average molecular weight is 510 g/mol. The molecule has 2 aromatic carbocycles. The number of thioether (sulfide) groups is 1. The maximum absolute atomic E-state index is 13.1. The van der Waals surface area contributed by atoms with E-state index in [2.05, 4.69) is 11.4 Å². The predicted molar refractivity (Wildman–Crippen MR) is 138 cm³/mol. The molecule has 0 aromatic heterocycles. The molecule has 0 radical (unpaired) electrons. The van der Waals surface area contributed by atoms with Crippen molar-refractivity contribution >= 4 is 29.7 Å². The number of nitriles is 1. The Balaban J connectivity index is 0.000000338. The fourth-order valence-electron chi connectivity index (χ4n) is 4.55. The van der Waals surface area contributed by atoms with Crippen LogP contribution >= 0.6 is 11.8 Å². The lowest BCUT2D eigenvalue weighted by atomic mass is 9.95. The van der Waals surface area contributed by atoms with Gasteiger partial charge in [0, 0.05) is 38.0 Å². The fraction of sp³-hybridized carbons (Fsp3) is 0.385. The standard InChI is InChI=1S/C19H24N4O3S.C7H7NO/c1-27-11-6-16-17(24)23(13-15-5-3-2-4-14(15)12-20)19(21-16)7-9-22(10-8-19)18(25)26;8-7(9)6-4-2-1-3-5-6/h2-5,16,21H,6-11,13H2,1H3,(H,25,26);1-5H,(H2,8,9). The van der Waals surface area contributed by atoms with Gasteiger partial charge in [-0.3, -0.25) is 14.9 Å². The number of primary amides is 1. The van der Waals surface area contributed by atoms with E-state index in [4.69, 9.17) is 5.73 Å². The molecule has 0 aliphatic carbocycles. The van der Waals surface area contributed by atoms with Crippen molar-refractivity contribution < 1.29 is 19.5 Å². The summed E-state index contributed by atoms with van der Waals surface area (Å²) >= 11 is 1.70. The van der Waals surface area contributed by atoms with Crippen LogP contribution in [-0.2, 0) is 11.3 Å². The summed E-state index contributed by atoms with van der Waals surface area (Å²) in [5.74, 6) is 0.541. The first-order valence-corrected chi connectivity index (χ1v) is 13.1. The van der Waals surface area contributed by atoms with Gasteiger partial charge in [0.05, 0.1) is 23.3 Å². The molecule has 3 amide bonds. The van der Waals surface area contributed by atoms with Crippen molar-refractivity contribution in [2.24, 2.45) is 5.73 Å². The van der Waals surface area contributed by atoms with E-state index >= 15 is 0 Å². The van der Waals surface area contributed by atoms with E-state index in [1.54, 1.807) is 42.1 Å². The molecule has 2 saturated heterocycles. The number of rotatable bonds is 6. The number of piperidine rings is 1. The molecule has 2 aliphatic rings. The minimum absolute atomic E-state index is 0.0422. The van der Waals surface area contributed by atoms with E-state index in [0.29, 0.717) is 43.6 Å². The van der Waals surface area contributed by atoms with Crippen molar-refractivity contribution in [1.82, 2.24) is 15.1 Å². The number of likely N-dealkylation sites (tertiary alicyclic amines) is 1. The second-order valence-electron chi connectivity index (χ2n) is 8.70. The van der Waals surface area contributed by atoms with Gasteiger partial charge in [-0.05, 0) is 42.2 Å². The van der Waals surface area contributed by atoms with Crippen LogP contribution in [-0.4, -0.2) is 69.6 Å². The van der Waals surface area contributed by atoms with Crippen molar-refractivity contribution in [3.8, 4) is 6.07 Å². The molecule has 1 atom stereocenters. The number of benzene rings is 2. The quantitative estimate of drug-likeness (QED) is 0.544. The third-order valence-corrected chi connectivity index (χ3v) is 7.16. The molecule has 0 saturated carbocycles. The highest BCUT2D eigenvalue weighted by Crippen LogP contribution is 2.35. The number of hydrogen-bond acceptors (Lipinski definition) is 6. The monoisotopic (exact) mass is 509 g/mol. The van der Waals surface area contributed by atoms with Gasteiger partial charge in [-0.15, -0.1) is 0 Å². The zero-order chi connectivity index (χ0) is 26.1. The van der Waals surface area contributed by atoms with Crippen LogP contribution in [0.25, 0.3) is 0 Å². The minimum atomic E-state index is -0.922. The van der Waals surface area contributed by atoms with E-state index in [-0.39, 0.29) is 17.9 Å². The first kappa shape index (κ1) is 27.0. The Morgan fingerprint density at radius 1 is 1.17 bits per heavy atom. The molecule has 4 rings (SSSR count). The lowest BCUT2D eigenvalue weighted by molar-refractivity contribution is -0.134. The number of amides is 3. The van der Waals surface area contributed by atoms with Crippen LogP contribution in [0.1, 0.15) is 40.7 Å². The molecule has 10 heteroatoms. The number of carbonyl (C=O) groups is 3. The van der Waals surface area contributed by atoms with E-state index in [1.165, 1.54) is 4.90 Å². The Labute approximate surface area is 215 Å². The maximum atomic E-state index is 13.1. The van der Waals surface area contributed by atoms with Gasteiger partial charge in [-0.2, -0.15) is 17.0 Å². The van der Waals surface area contributed by atoms with Crippen molar-refractivity contribution in [3.05, 3.63) is 71.3 Å². The molecule has 2 aromatic rings. The highest BCUT2D eigenvalue weighted by molar-refractivity contribution is 7.98. The Hall–Kier alpha value is -3.55. The summed E-state index contributed by atoms with van der Waals surface area (Å²) in [4.78, 5) is 38.1. The summed E-state index contributed by atoms with van der Waals surface area (Å²) < 4.78 is 0. The van der Waals surface area contributed by atoms with Crippen LogP contribution in [0.4, 0.5) is 4.79 Å². The number of carbonyl (C=O) groups excluding carboxylic acids is 2. The Bertz CT molecular complexity index is 1110. The maximum Gasteiger partial charge on any atom is 0.407 e. The van der Waals surface area contributed by atoms with Crippen LogP contribution in [0.5, 0.6) is 0 Å². The molecule has 9 nitrogen and oxygen atoms in total. The smallest absolute Gasteiger partial charge is 0.407 e. The van der Waals surface area contributed by atoms with E-state index in [0.717, 1.165) is 17.7 Å². The molecule has 1 unspecified atom stereocenters. The Morgan fingerprint density at radius 3 is 2.36 bits per heavy atom. The van der Waals surface area contributed by atoms with Crippen molar-refractivity contribution in [2.45, 2.75) is 37.5 Å². The third-order valence-electron chi connectivity index (χ3n) is 6.52. The van der Waals surface area contributed by atoms with Crippen molar-refractivity contribution in [1.29, 1.82) is 5.26 Å². The molecule has 2 aliphatic heterocycles. The third kappa shape index (κ3) is 6.36. The Kier molecular flexibility index (Phi) is 9.33. The van der Waals surface area contributed by atoms with Gasteiger partial charge in [0.15, 0.2) is 0 Å². The first-order chi connectivity index (χ1) is 17.3. The largest absolute Gasteiger partial charge is 0.465 e. The fourth-order valence-corrected chi connectivity index (χ4v) is 5.02. The number of nitrogens with two attached hydrogens (primary N) is 1. The minimum Gasteiger partial charge on any atom is -0.465 e. The molecule has 2 fully saturated rings. The molecule has 1 spiro atoms. The van der Waals surface area contributed by atoms with Crippen LogP contribution in [0.3, 0.4) is 0 Å². The summed E-state index contributed by atoms with van der Waals surface area (Å²) in [5.41, 5.74) is 6.37. The zero-order valence-corrected chi connectivity index (χ0v) is 21.0. The SMILES string of the molecule is CSCCC1NC2(CCN(C(=O)O)CC2)N(Cc2ccccc2C#N)C1=O.NC(=O)c1ccccc1. The van der Waals surface area contributed by atoms with Gasteiger partial charge >= 0.3 is 6.09 Å². The average Bonchev–Trinajstić information content (AvgIpc) is 3.14. The lowest BCUT2D eigenvalue weighted by Gasteiger charge is -2.44. The topological polar surface area (TPSA) is 140 Å². The van der Waals surface area contributed by atoms with Crippen LogP contribution in [0.2, 0.25) is 0 Å². The molecule has 4 N–H and O–H groups in total. The number of nitrogens with one attached hydrogen (secondary N) is 1. The second-order valence-corrected chi connectivity index (χ2v) is 9.69. The van der Waals surface area contributed by atoms with E-state index < -0.39 is 11.8 Å². The van der Waals surface area contributed by atoms with Gasteiger partial charge in [0.1, 0.15) is 0 Å². The molecule has 36 heavy (non-hydrogen) atoms. The number of carboxylic acid groups (broad SMARTS) is 1. The van der Waals surface area contributed by atoms with Crippen LogP contribution in [0.15, 0.2) is 54.6 Å². The second kappa shape index (κ2) is 12.4. The predicted octanol–water partition coefficient (Wildman–Crippen LogP) is 2.87. The molecule has 190 valence electrons. The van der Waals surface area contributed by atoms with E-state index in [1.807, 2.05) is 35.4 Å². The summed E-state index contributed by atoms with van der Waals surface area (Å²) in [6.45, 7) is 1.14. The molecule has 0 bridgehead atoms. The molecular weight excluding hydrogens is 478 g/mol. The van der Waals surface area contributed by atoms with Gasteiger partial charge in [-0.25, -0.2) is 4.79 Å².